The molecule has 3 aliphatic rings. The summed E-state index contributed by atoms with van der Waals surface area (Å²) in [5.74, 6) is -0.392. The molecule has 0 aromatic heterocycles. The number of aliphatic hydroxyl groups excluding tert-OH is 1. The lowest BCUT2D eigenvalue weighted by molar-refractivity contribution is -0.132. The summed E-state index contributed by atoms with van der Waals surface area (Å²) in [5.41, 5.74) is 0. The Balaban J connectivity index is 1.81. The van der Waals surface area contributed by atoms with Crippen LogP contribution in [0.4, 0.5) is 4.79 Å². The van der Waals surface area contributed by atoms with Gasteiger partial charge in [0.2, 0.25) is 5.91 Å². The fourth-order valence-corrected chi connectivity index (χ4v) is 3.77. The van der Waals surface area contributed by atoms with Gasteiger partial charge in [0, 0.05) is 25.6 Å². The van der Waals surface area contributed by atoms with Gasteiger partial charge in [0.05, 0.1) is 12.6 Å². The molecule has 3 saturated heterocycles. The molecule has 21 heavy (non-hydrogen) atoms. The van der Waals surface area contributed by atoms with Crippen LogP contribution in [0.25, 0.3) is 0 Å². The van der Waals surface area contributed by atoms with Gasteiger partial charge >= 0.3 is 16.4 Å². The standard InChI is InChI=1S/C10H15N3O7S/c14-2-1-11-4-6-3-7-5-12(8(6)9(11)15)10(16)13(7)20-21(17,18)19/h6-8,14H,1-5H2,(H,17,18,19)/t6-,7+,8-/m0/s1. The van der Waals surface area contributed by atoms with E-state index in [1.54, 1.807) is 0 Å². The van der Waals surface area contributed by atoms with Gasteiger partial charge in [-0.2, -0.15) is 13.5 Å². The van der Waals surface area contributed by atoms with Crippen molar-refractivity contribution in [2.45, 2.75) is 18.5 Å². The van der Waals surface area contributed by atoms with Crippen LogP contribution >= 0.6 is 0 Å². The molecule has 0 aromatic carbocycles. The molecule has 10 nitrogen and oxygen atoms in total. The van der Waals surface area contributed by atoms with Gasteiger partial charge in [-0.1, -0.05) is 0 Å². The minimum absolute atomic E-state index is 0.137. The van der Waals surface area contributed by atoms with Crippen LogP contribution in [0.1, 0.15) is 6.42 Å². The molecule has 3 aliphatic heterocycles. The van der Waals surface area contributed by atoms with Crippen LogP contribution in [-0.4, -0.2) is 83.2 Å². The number of carbonyl (C=O) groups excluding carboxylic acids is 2. The third kappa shape index (κ3) is 2.35. The van der Waals surface area contributed by atoms with Crippen LogP contribution in [0.3, 0.4) is 0 Å². The van der Waals surface area contributed by atoms with Crippen molar-refractivity contribution < 1.29 is 31.9 Å². The van der Waals surface area contributed by atoms with Crippen molar-refractivity contribution in [3.8, 4) is 0 Å². The minimum Gasteiger partial charge on any atom is -0.395 e. The Morgan fingerprint density at radius 2 is 2.00 bits per heavy atom. The molecular formula is C10H15N3O7S. The number of urea groups is 1. The van der Waals surface area contributed by atoms with E-state index in [0.29, 0.717) is 18.0 Å². The number of aliphatic hydroxyl groups is 1. The molecule has 3 rings (SSSR count). The monoisotopic (exact) mass is 321 g/mol. The number of rotatable bonds is 4. The average Bonchev–Trinajstić information content (AvgIpc) is 2.81. The van der Waals surface area contributed by atoms with Crippen LogP contribution in [-0.2, 0) is 19.5 Å². The van der Waals surface area contributed by atoms with Crippen molar-refractivity contribution in [1.29, 1.82) is 0 Å². The molecule has 0 spiro atoms. The van der Waals surface area contributed by atoms with Crippen LogP contribution < -0.4 is 0 Å². The first-order valence-electron chi connectivity index (χ1n) is 6.48. The summed E-state index contributed by atoms with van der Waals surface area (Å²) in [6.45, 7) is 0.641. The highest BCUT2D eigenvalue weighted by Crippen LogP contribution is 2.38. The van der Waals surface area contributed by atoms with E-state index < -0.39 is 28.5 Å². The third-order valence-corrected chi connectivity index (χ3v) is 4.44. The van der Waals surface area contributed by atoms with Crippen LogP contribution in [0.15, 0.2) is 0 Å². The van der Waals surface area contributed by atoms with Gasteiger partial charge in [-0.15, -0.1) is 4.28 Å². The Hall–Kier alpha value is -1.43. The molecule has 118 valence electrons. The van der Waals surface area contributed by atoms with E-state index in [1.165, 1.54) is 9.80 Å². The lowest BCUT2D eigenvalue weighted by Crippen LogP contribution is -2.48. The van der Waals surface area contributed by atoms with E-state index in [0.717, 1.165) is 0 Å². The zero-order chi connectivity index (χ0) is 15.4. The van der Waals surface area contributed by atoms with E-state index in [4.69, 9.17) is 9.66 Å². The van der Waals surface area contributed by atoms with E-state index in [2.05, 4.69) is 4.28 Å². The summed E-state index contributed by atoms with van der Waals surface area (Å²) in [4.78, 5) is 27.2. The Morgan fingerprint density at radius 3 is 2.62 bits per heavy atom. The van der Waals surface area contributed by atoms with E-state index >= 15 is 0 Å². The van der Waals surface area contributed by atoms with Crippen molar-refractivity contribution in [2.75, 3.05) is 26.2 Å². The maximum atomic E-state index is 12.2. The molecule has 2 bridgehead atoms. The molecule has 0 saturated carbocycles. The second-order valence-electron chi connectivity index (χ2n) is 5.37. The molecule has 0 radical (unpaired) electrons. The van der Waals surface area contributed by atoms with Crippen molar-refractivity contribution in [1.82, 2.24) is 14.9 Å². The van der Waals surface area contributed by atoms with E-state index in [-0.39, 0.29) is 31.5 Å². The number of β-amino-alcohol motifs (C(OH)–C–C–N with tert-alkyl or cyclic N) is 1. The topological polar surface area (TPSA) is 128 Å². The first kappa shape index (κ1) is 14.5. The summed E-state index contributed by atoms with van der Waals surface area (Å²) in [5, 5.41) is 9.56. The first-order chi connectivity index (χ1) is 9.81. The number of hydrogen-bond donors (Lipinski definition) is 2. The van der Waals surface area contributed by atoms with Gasteiger partial charge < -0.3 is 14.9 Å². The van der Waals surface area contributed by atoms with Crippen molar-refractivity contribution in [2.24, 2.45) is 5.92 Å². The highest BCUT2D eigenvalue weighted by atomic mass is 32.3. The molecule has 3 fully saturated rings. The summed E-state index contributed by atoms with van der Waals surface area (Å²) in [6.07, 6.45) is 0.399. The van der Waals surface area contributed by atoms with Crippen molar-refractivity contribution in [3.05, 3.63) is 0 Å². The Labute approximate surface area is 120 Å². The Morgan fingerprint density at radius 1 is 1.29 bits per heavy atom. The zero-order valence-electron chi connectivity index (χ0n) is 11.0. The fraction of sp³-hybridized carbons (Fsp3) is 0.800. The van der Waals surface area contributed by atoms with E-state index in [9.17, 15) is 18.0 Å². The molecular weight excluding hydrogens is 306 g/mol. The van der Waals surface area contributed by atoms with Gasteiger partial charge in [0.1, 0.15) is 6.04 Å². The predicted octanol–water partition coefficient (Wildman–Crippen LogP) is -1.95. The first-order valence-corrected chi connectivity index (χ1v) is 7.85. The molecule has 0 unspecified atom stereocenters. The Bertz CT molecular complexity index is 579. The molecule has 0 aromatic rings. The molecule has 2 N–H and O–H groups in total. The summed E-state index contributed by atoms with van der Waals surface area (Å²) >= 11 is 0. The van der Waals surface area contributed by atoms with Crippen LogP contribution in [0.2, 0.25) is 0 Å². The normalized spacial score (nSPS) is 32.1. The second kappa shape index (κ2) is 4.80. The quantitative estimate of drug-likeness (QED) is 0.576. The number of nitrogens with zero attached hydrogens (tertiary/aromatic N) is 3. The molecule has 11 heteroatoms. The third-order valence-electron chi connectivity index (χ3n) is 4.09. The maximum absolute atomic E-state index is 12.2. The second-order valence-corrected chi connectivity index (χ2v) is 6.37. The Kier molecular flexibility index (Phi) is 3.31. The van der Waals surface area contributed by atoms with Crippen molar-refractivity contribution in [3.63, 3.8) is 0 Å². The lowest BCUT2D eigenvalue weighted by atomic mass is 9.91. The summed E-state index contributed by atoms with van der Waals surface area (Å²) in [7, 11) is -4.79. The zero-order valence-corrected chi connectivity index (χ0v) is 11.8. The predicted molar refractivity (Wildman–Crippen MR) is 65.9 cm³/mol. The molecule has 0 aliphatic carbocycles. The lowest BCUT2D eigenvalue weighted by Gasteiger charge is -2.30. The summed E-state index contributed by atoms with van der Waals surface area (Å²) < 4.78 is 34.6. The van der Waals surface area contributed by atoms with E-state index in [1.807, 2.05) is 0 Å². The van der Waals surface area contributed by atoms with Crippen molar-refractivity contribution >= 4 is 22.3 Å². The molecule has 3 amide bonds. The molecule has 3 atom stereocenters. The highest BCUT2D eigenvalue weighted by Gasteiger charge is 2.57. The summed E-state index contributed by atoms with van der Waals surface area (Å²) in [6, 6.07) is -1.93. The van der Waals surface area contributed by atoms with Crippen LogP contribution in [0, 0.1) is 5.92 Å². The number of piperidine rings is 1. The SMILES string of the molecule is O=C1[C@@H]2[C@@H](C[C@@H]3CN2C(=O)N3OS(=O)(=O)O)CN1CCO. The van der Waals surface area contributed by atoms with Gasteiger partial charge in [-0.05, 0) is 6.42 Å². The highest BCUT2D eigenvalue weighted by molar-refractivity contribution is 7.80. The number of fused-ring (bicyclic) bond motifs is 4. The number of likely N-dealkylation sites (tertiary alicyclic amines) is 1. The number of hydroxylamine groups is 2. The van der Waals surface area contributed by atoms with Gasteiger partial charge in [0.25, 0.3) is 0 Å². The largest absolute Gasteiger partial charge is 0.418 e. The minimum atomic E-state index is -4.79. The average molecular weight is 321 g/mol. The number of amides is 3. The smallest absolute Gasteiger partial charge is 0.395 e. The fourth-order valence-electron chi connectivity index (χ4n) is 3.38. The number of carbonyl (C=O) groups is 2. The van der Waals surface area contributed by atoms with Gasteiger partial charge in [-0.25, -0.2) is 4.79 Å². The van der Waals surface area contributed by atoms with Gasteiger partial charge in [-0.3, -0.25) is 9.35 Å². The van der Waals surface area contributed by atoms with Gasteiger partial charge in [0.15, 0.2) is 0 Å². The van der Waals surface area contributed by atoms with Crippen LogP contribution in [0.5, 0.6) is 0 Å². The molecule has 3 heterocycles. The number of hydrogen-bond acceptors (Lipinski definition) is 6. The maximum Gasteiger partial charge on any atom is 0.418 e.